The molecule has 0 atom stereocenters. The Morgan fingerprint density at radius 1 is 1.24 bits per heavy atom. The van der Waals surface area contributed by atoms with E-state index >= 15 is 0 Å². The fraction of sp³-hybridized carbons (Fsp3) is 0.231. The van der Waals surface area contributed by atoms with Crippen molar-refractivity contribution in [2.75, 3.05) is 0 Å². The first-order chi connectivity index (χ1) is 9.73. The van der Waals surface area contributed by atoms with Crippen molar-refractivity contribution in [1.82, 2.24) is 9.55 Å². The van der Waals surface area contributed by atoms with E-state index in [1.807, 2.05) is 0 Å². The Kier molecular flexibility index (Phi) is 4.34. The van der Waals surface area contributed by atoms with E-state index in [1.165, 1.54) is 0 Å². The van der Waals surface area contributed by atoms with E-state index < -0.39 is 28.6 Å². The van der Waals surface area contributed by atoms with E-state index in [9.17, 15) is 18.4 Å². The molecule has 0 spiro atoms. The topological polar surface area (TPSA) is 54.9 Å². The van der Waals surface area contributed by atoms with Crippen LogP contribution in [-0.2, 0) is 0 Å². The Labute approximate surface area is 131 Å². The lowest BCUT2D eigenvalue weighted by atomic mass is 10.1. The van der Waals surface area contributed by atoms with Gasteiger partial charge in [0.05, 0.1) is 5.56 Å². The van der Waals surface area contributed by atoms with Crippen molar-refractivity contribution in [2.24, 2.45) is 0 Å². The number of hydrogen-bond donors (Lipinski definition) is 1. The first-order valence-electron chi connectivity index (χ1n) is 5.93. The molecule has 2 aromatic rings. The summed E-state index contributed by atoms with van der Waals surface area (Å²) < 4.78 is 28.5. The maximum atomic E-state index is 14.0. The van der Waals surface area contributed by atoms with Crippen LogP contribution in [0, 0.1) is 11.6 Å². The molecule has 0 amide bonds. The van der Waals surface area contributed by atoms with Gasteiger partial charge in [0.15, 0.2) is 11.6 Å². The molecule has 0 radical (unpaired) electrons. The molecule has 21 heavy (non-hydrogen) atoms. The Morgan fingerprint density at radius 2 is 1.76 bits per heavy atom. The Bertz CT molecular complexity index is 807. The molecule has 0 fully saturated rings. The maximum absolute atomic E-state index is 14.0. The van der Waals surface area contributed by atoms with Gasteiger partial charge in [0.1, 0.15) is 10.8 Å². The highest BCUT2D eigenvalue weighted by atomic mass is 79.9. The number of aromatic amines is 1. The number of nitrogens with zero attached hydrogens (tertiary/aromatic N) is 1. The Morgan fingerprint density at radius 3 is 2.24 bits per heavy atom. The molecule has 0 bridgehead atoms. The van der Waals surface area contributed by atoms with Gasteiger partial charge in [0.25, 0.3) is 5.56 Å². The van der Waals surface area contributed by atoms with E-state index in [-0.39, 0.29) is 21.1 Å². The fourth-order valence-corrected chi connectivity index (χ4v) is 2.76. The van der Waals surface area contributed by atoms with Gasteiger partial charge in [0.2, 0.25) is 0 Å². The van der Waals surface area contributed by atoms with E-state index in [0.717, 1.165) is 12.1 Å². The molecule has 0 unspecified atom stereocenters. The predicted octanol–water partition coefficient (Wildman–Crippen LogP) is 3.34. The summed E-state index contributed by atoms with van der Waals surface area (Å²) in [5.74, 6) is -2.40. The van der Waals surface area contributed by atoms with Gasteiger partial charge < -0.3 is 0 Å². The molecule has 4 nitrogen and oxygen atoms in total. The summed E-state index contributed by atoms with van der Waals surface area (Å²) in [5, 5.41) is -0.130. The van der Waals surface area contributed by atoms with Crippen molar-refractivity contribution in [3.8, 4) is 5.69 Å². The van der Waals surface area contributed by atoms with Gasteiger partial charge in [0, 0.05) is 4.47 Å². The van der Waals surface area contributed by atoms with Crippen molar-refractivity contribution in [3.05, 3.63) is 59.8 Å². The summed E-state index contributed by atoms with van der Waals surface area (Å²) in [5.41, 5.74) is -2.51. The van der Waals surface area contributed by atoms with Gasteiger partial charge in [-0.25, -0.2) is 18.1 Å². The molecule has 1 aromatic carbocycles. The van der Waals surface area contributed by atoms with Crippen molar-refractivity contribution in [2.45, 2.75) is 19.8 Å². The van der Waals surface area contributed by atoms with Gasteiger partial charge in [-0.05, 0) is 18.1 Å². The van der Waals surface area contributed by atoms with E-state index in [1.54, 1.807) is 13.8 Å². The molecule has 8 heteroatoms. The van der Waals surface area contributed by atoms with Crippen LogP contribution in [0.4, 0.5) is 8.78 Å². The second kappa shape index (κ2) is 5.73. The molecule has 1 N–H and O–H groups in total. The number of benzene rings is 1. The molecular weight excluding hydrogens is 370 g/mol. The van der Waals surface area contributed by atoms with Crippen LogP contribution in [0.3, 0.4) is 0 Å². The van der Waals surface area contributed by atoms with Crippen molar-refractivity contribution in [1.29, 1.82) is 0 Å². The average Bonchev–Trinajstić information content (AvgIpc) is 2.30. The van der Waals surface area contributed by atoms with Crippen LogP contribution in [0.1, 0.15) is 25.3 Å². The smallest absolute Gasteiger partial charge is 0.297 e. The summed E-state index contributed by atoms with van der Waals surface area (Å²) in [7, 11) is 0. The lowest BCUT2D eigenvalue weighted by Gasteiger charge is -2.12. The highest BCUT2D eigenvalue weighted by Gasteiger charge is 2.21. The minimum Gasteiger partial charge on any atom is -0.297 e. The zero-order valence-corrected chi connectivity index (χ0v) is 13.3. The largest absolute Gasteiger partial charge is 0.334 e. The van der Waals surface area contributed by atoms with Crippen LogP contribution in [0.15, 0.2) is 26.2 Å². The van der Waals surface area contributed by atoms with Crippen molar-refractivity contribution >= 4 is 27.5 Å². The Balaban J connectivity index is 2.93. The minimum absolute atomic E-state index is 0.0815. The van der Waals surface area contributed by atoms with Gasteiger partial charge in [-0.1, -0.05) is 41.4 Å². The fourth-order valence-electron chi connectivity index (χ4n) is 1.98. The molecule has 0 aliphatic carbocycles. The molecular formula is C13H10BrClF2N2O2. The maximum Gasteiger partial charge on any atom is 0.334 e. The SMILES string of the molecule is CC(C)c1c(Cl)[nH]c(=O)n(-c2c(F)cc(Br)cc2F)c1=O. The lowest BCUT2D eigenvalue weighted by Crippen LogP contribution is -2.37. The van der Waals surface area contributed by atoms with Crippen LogP contribution in [0.2, 0.25) is 5.15 Å². The summed E-state index contributed by atoms with van der Waals surface area (Å²) in [6.07, 6.45) is 0. The number of rotatable bonds is 2. The monoisotopic (exact) mass is 378 g/mol. The van der Waals surface area contributed by atoms with E-state index in [0.29, 0.717) is 4.57 Å². The van der Waals surface area contributed by atoms with Crippen LogP contribution in [0.25, 0.3) is 5.69 Å². The van der Waals surface area contributed by atoms with Crippen molar-refractivity contribution < 1.29 is 8.78 Å². The van der Waals surface area contributed by atoms with E-state index in [2.05, 4.69) is 20.9 Å². The number of nitrogens with one attached hydrogen (secondary N) is 1. The van der Waals surface area contributed by atoms with Crippen LogP contribution in [0.5, 0.6) is 0 Å². The number of hydrogen-bond acceptors (Lipinski definition) is 2. The van der Waals surface area contributed by atoms with E-state index in [4.69, 9.17) is 11.6 Å². The summed E-state index contributed by atoms with van der Waals surface area (Å²) in [6.45, 7) is 3.36. The number of H-pyrrole nitrogens is 1. The lowest BCUT2D eigenvalue weighted by molar-refractivity contribution is 0.559. The van der Waals surface area contributed by atoms with Gasteiger partial charge >= 0.3 is 5.69 Å². The predicted molar refractivity (Wildman–Crippen MR) is 79.4 cm³/mol. The standard InChI is InChI=1S/C13H10BrClF2N2O2/c1-5(2)9-11(15)18-13(21)19(12(9)20)10-7(16)3-6(14)4-8(10)17/h3-5H,1-2H3,(H,18,21). The highest BCUT2D eigenvalue weighted by Crippen LogP contribution is 2.22. The second-order valence-electron chi connectivity index (χ2n) is 4.67. The zero-order valence-electron chi connectivity index (χ0n) is 11.0. The molecule has 1 aromatic heterocycles. The summed E-state index contributed by atoms with van der Waals surface area (Å²) >= 11 is 8.76. The first kappa shape index (κ1) is 15.9. The third-order valence-corrected chi connectivity index (χ3v) is 3.63. The molecule has 0 saturated heterocycles. The van der Waals surface area contributed by atoms with Gasteiger partial charge in [-0.15, -0.1) is 0 Å². The number of halogens is 4. The third kappa shape index (κ3) is 2.80. The van der Waals surface area contributed by atoms with Crippen LogP contribution >= 0.6 is 27.5 Å². The Hall–Kier alpha value is -1.47. The molecule has 1 heterocycles. The average molecular weight is 380 g/mol. The van der Waals surface area contributed by atoms with Gasteiger partial charge in [-0.3, -0.25) is 9.78 Å². The molecule has 0 aliphatic rings. The summed E-state index contributed by atoms with van der Waals surface area (Å²) in [6, 6.07) is 1.93. The quantitative estimate of drug-likeness (QED) is 0.814. The number of aromatic nitrogens is 2. The first-order valence-corrected chi connectivity index (χ1v) is 7.10. The summed E-state index contributed by atoms with van der Waals surface area (Å²) in [4.78, 5) is 26.5. The van der Waals surface area contributed by atoms with Crippen LogP contribution in [-0.4, -0.2) is 9.55 Å². The van der Waals surface area contributed by atoms with Crippen molar-refractivity contribution in [3.63, 3.8) is 0 Å². The third-order valence-electron chi connectivity index (χ3n) is 2.87. The molecule has 112 valence electrons. The minimum atomic E-state index is -1.04. The molecule has 0 aliphatic heterocycles. The normalized spacial score (nSPS) is 11.2. The molecule has 2 rings (SSSR count). The second-order valence-corrected chi connectivity index (χ2v) is 5.96. The highest BCUT2D eigenvalue weighted by molar-refractivity contribution is 9.10. The van der Waals surface area contributed by atoms with Gasteiger partial charge in [-0.2, -0.15) is 0 Å². The molecule has 0 saturated carbocycles. The van der Waals surface area contributed by atoms with Crippen LogP contribution < -0.4 is 11.2 Å². The zero-order chi connectivity index (χ0) is 15.9.